The average Bonchev–Trinajstić information content (AvgIpc) is 2.03. The van der Waals surface area contributed by atoms with Crippen LogP contribution in [-0.4, -0.2) is 18.1 Å². The predicted molar refractivity (Wildman–Crippen MR) is 57.9 cm³/mol. The Bertz CT molecular complexity index is 180. The number of hydrogen-bond acceptors (Lipinski definition) is 3. The lowest BCUT2D eigenvalue weighted by Gasteiger charge is -2.28. The standard InChI is InChI=1S/C11H23NO2/c1-5-7-11(12,8-9(3)4)10(13)14-6-2/h9H,5-8,12H2,1-4H3. The minimum absolute atomic E-state index is 0.254. The highest BCUT2D eigenvalue weighted by molar-refractivity contribution is 5.80. The first-order chi connectivity index (χ1) is 6.46. The van der Waals surface area contributed by atoms with Gasteiger partial charge >= 0.3 is 5.97 Å². The topological polar surface area (TPSA) is 52.3 Å². The highest BCUT2D eigenvalue weighted by atomic mass is 16.5. The summed E-state index contributed by atoms with van der Waals surface area (Å²) in [5, 5.41) is 0. The number of nitrogens with two attached hydrogens (primary N) is 1. The van der Waals surface area contributed by atoms with Crippen LogP contribution in [0.2, 0.25) is 0 Å². The summed E-state index contributed by atoms with van der Waals surface area (Å²) >= 11 is 0. The summed E-state index contributed by atoms with van der Waals surface area (Å²) in [6, 6.07) is 0. The van der Waals surface area contributed by atoms with E-state index >= 15 is 0 Å². The van der Waals surface area contributed by atoms with Crippen LogP contribution in [0, 0.1) is 5.92 Å². The molecule has 14 heavy (non-hydrogen) atoms. The maximum Gasteiger partial charge on any atom is 0.326 e. The summed E-state index contributed by atoms with van der Waals surface area (Å²) in [6.45, 7) is 8.37. The van der Waals surface area contributed by atoms with Crippen molar-refractivity contribution in [2.24, 2.45) is 11.7 Å². The Morgan fingerprint density at radius 2 is 2.00 bits per heavy atom. The SMILES string of the molecule is CCCC(N)(CC(C)C)C(=O)OCC. The van der Waals surface area contributed by atoms with E-state index in [-0.39, 0.29) is 5.97 Å². The molecule has 1 atom stereocenters. The highest BCUT2D eigenvalue weighted by Crippen LogP contribution is 2.21. The lowest BCUT2D eigenvalue weighted by atomic mass is 9.86. The molecule has 1 unspecified atom stereocenters. The summed E-state index contributed by atoms with van der Waals surface area (Å²) in [4.78, 5) is 11.6. The smallest absolute Gasteiger partial charge is 0.326 e. The Balaban J connectivity index is 4.43. The molecule has 0 rings (SSSR count). The molecule has 0 spiro atoms. The Labute approximate surface area is 87.0 Å². The molecule has 2 N–H and O–H groups in total. The minimum atomic E-state index is -0.779. The number of hydrogen-bond donors (Lipinski definition) is 1. The number of esters is 1. The molecule has 0 aromatic carbocycles. The Hall–Kier alpha value is -0.570. The van der Waals surface area contributed by atoms with Crippen LogP contribution >= 0.6 is 0 Å². The largest absolute Gasteiger partial charge is 0.465 e. The summed E-state index contributed by atoms with van der Waals surface area (Å²) in [7, 11) is 0. The van der Waals surface area contributed by atoms with E-state index in [0.29, 0.717) is 25.4 Å². The van der Waals surface area contributed by atoms with Gasteiger partial charge in [-0.25, -0.2) is 0 Å². The second kappa shape index (κ2) is 6.02. The Morgan fingerprint density at radius 1 is 1.43 bits per heavy atom. The maximum atomic E-state index is 11.6. The van der Waals surface area contributed by atoms with Crippen LogP contribution in [0.5, 0.6) is 0 Å². The molecule has 0 bridgehead atoms. The fourth-order valence-corrected chi connectivity index (χ4v) is 1.74. The van der Waals surface area contributed by atoms with Crippen LogP contribution in [-0.2, 0) is 9.53 Å². The average molecular weight is 201 g/mol. The van der Waals surface area contributed by atoms with Crippen molar-refractivity contribution in [2.45, 2.75) is 52.5 Å². The van der Waals surface area contributed by atoms with Crippen molar-refractivity contribution in [3.8, 4) is 0 Å². The van der Waals surface area contributed by atoms with Gasteiger partial charge in [0.1, 0.15) is 5.54 Å². The van der Waals surface area contributed by atoms with Crippen molar-refractivity contribution in [1.82, 2.24) is 0 Å². The van der Waals surface area contributed by atoms with Crippen LogP contribution in [0.3, 0.4) is 0 Å². The van der Waals surface area contributed by atoms with Gasteiger partial charge in [0.15, 0.2) is 0 Å². The van der Waals surface area contributed by atoms with Gasteiger partial charge in [0.25, 0.3) is 0 Å². The molecule has 84 valence electrons. The quantitative estimate of drug-likeness (QED) is 0.669. The third-order valence-electron chi connectivity index (χ3n) is 2.15. The van der Waals surface area contributed by atoms with Gasteiger partial charge in [-0.3, -0.25) is 4.79 Å². The molecule has 0 saturated carbocycles. The van der Waals surface area contributed by atoms with Crippen molar-refractivity contribution >= 4 is 5.97 Å². The molecule has 0 aliphatic carbocycles. The zero-order valence-electron chi connectivity index (χ0n) is 9.80. The monoisotopic (exact) mass is 201 g/mol. The lowest BCUT2D eigenvalue weighted by Crippen LogP contribution is -2.50. The van der Waals surface area contributed by atoms with E-state index in [2.05, 4.69) is 13.8 Å². The van der Waals surface area contributed by atoms with E-state index < -0.39 is 5.54 Å². The van der Waals surface area contributed by atoms with Crippen molar-refractivity contribution in [3.05, 3.63) is 0 Å². The zero-order chi connectivity index (χ0) is 11.2. The lowest BCUT2D eigenvalue weighted by molar-refractivity contribution is -0.150. The summed E-state index contributed by atoms with van der Waals surface area (Å²) in [6.07, 6.45) is 2.30. The van der Waals surface area contributed by atoms with Crippen molar-refractivity contribution in [3.63, 3.8) is 0 Å². The summed E-state index contributed by atoms with van der Waals surface area (Å²) in [5.74, 6) is 0.159. The highest BCUT2D eigenvalue weighted by Gasteiger charge is 2.34. The third-order valence-corrected chi connectivity index (χ3v) is 2.15. The molecule has 0 saturated heterocycles. The van der Waals surface area contributed by atoms with Gasteiger partial charge in [-0.2, -0.15) is 0 Å². The molecule has 0 fully saturated rings. The minimum Gasteiger partial charge on any atom is -0.465 e. The molecule has 0 aliphatic heterocycles. The van der Waals surface area contributed by atoms with E-state index in [1.807, 2.05) is 6.92 Å². The van der Waals surface area contributed by atoms with Crippen molar-refractivity contribution in [1.29, 1.82) is 0 Å². The van der Waals surface area contributed by atoms with E-state index in [1.54, 1.807) is 6.92 Å². The number of carbonyl (C=O) groups is 1. The van der Waals surface area contributed by atoms with Gasteiger partial charge in [0.2, 0.25) is 0 Å². The molecule has 0 amide bonds. The number of carbonyl (C=O) groups excluding carboxylic acids is 1. The van der Waals surface area contributed by atoms with Gasteiger partial charge in [0.05, 0.1) is 6.61 Å². The Kier molecular flexibility index (Phi) is 5.77. The number of rotatable bonds is 6. The first-order valence-electron chi connectivity index (χ1n) is 5.42. The van der Waals surface area contributed by atoms with E-state index in [0.717, 1.165) is 6.42 Å². The maximum absolute atomic E-state index is 11.6. The molecule has 0 heterocycles. The molecule has 0 aromatic rings. The Morgan fingerprint density at radius 3 is 2.36 bits per heavy atom. The van der Waals surface area contributed by atoms with Crippen molar-refractivity contribution < 1.29 is 9.53 Å². The van der Waals surface area contributed by atoms with Gasteiger partial charge < -0.3 is 10.5 Å². The fraction of sp³-hybridized carbons (Fsp3) is 0.909. The molecular formula is C11H23NO2. The van der Waals surface area contributed by atoms with Gasteiger partial charge in [0, 0.05) is 0 Å². The summed E-state index contributed by atoms with van der Waals surface area (Å²) < 4.78 is 5.00. The van der Waals surface area contributed by atoms with Crippen LogP contribution < -0.4 is 5.73 Å². The van der Waals surface area contributed by atoms with Gasteiger partial charge in [-0.05, 0) is 25.7 Å². The van der Waals surface area contributed by atoms with E-state index in [1.165, 1.54) is 0 Å². The molecule has 3 heteroatoms. The molecule has 0 aromatic heterocycles. The normalized spacial score (nSPS) is 15.3. The predicted octanol–water partition coefficient (Wildman–Crippen LogP) is 2.09. The van der Waals surface area contributed by atoms with Crippen LogP contribution in [0.15, 0.2) is 0 Å². The van der Waals surface area contributed by atoms with Crippen molar-refractivity contribution in [2.75, 3.05) is 6.61 Å². The first kappa shape index (κ1) is 13.4. The molecule has 0 radical (unpaired) electrons. The first-order valence-corrected chi connectivity index (χ1v) is 5.42. The number of ether oxygens (including phenoxy) is 1. The molecule has 3 nitrogen and oxygen atoms in total. The molecular weight excluding hydrogens is 178 g/mol. The van der Waals surface area contributed by atoms with E-state index in [4.69, 9.17) is 10.5 Å². The third kappa shape index (κ3) is 4.09. The van der Waals surface area contributed by atoms with Crippen LogP contribution in [0.25, 0.3) is 0 Å². The zero-order valence-corrected chi connectivity index (χ0v) is 9.80. The second-order valence-electron chi connectivity index (χ2n) is 4.22. The second-order valence-corrected chi connectivity index (χ2v) is 4.22. The van der Waals surface area contributed by atoms with Crippen LogP contribution in [0.4, 0.5) is 0 Å². The fourth-order valence-electron chi connectivity index (χ4n) is 1.74. The summed E-state index contributed by atoms with van der Waals surface area (Å²) in [5.41, 5.74) is 5.29. The van der Waals surface area contributed by atoms with E-state index in [9.17, 15) is 4.79 Å². The van der Waals surface area contributed by atoms with Gasteiger partial charge in [-0.15, -0.1) is 0 Å². The molecule has 0 aliphatic rings. The van der Waals surface area contributed by atoms with Crippen LogP contribution in [0.1, 0.15) is 47.0 Å². The van der Waals surface area contributed by atoms with Gasteiger partial charge in [-0.1, -0.05) is 27.2 Å².